The Hall–Kier alpha value is -4.00. The van der Waals surface area contributed by atoms with Crippen LogP contribution in [0.5, 0.6) is 5.75 Å². The third-order valence-electron chi connectivity index (χ3n) is 5.15. The molecule has 1 amide bonds. The average molecular weight is 491 g/mol. The Kier molecular flexibility index (Phi) is 6.96. The highest BCUT2D eigenvalue weighted by molar-refractivity contribution is 6.03. The fourth-order valence-electron chi connectivity index (χ4n) is 3.44. The molecule has 0 saturated carbocycles. The van der Waals surface area contributed by atoms with E-state index in [9.17, 15) is 22.4 Å². The van der Waals surface area contributed by atoms with Crippen LogP contribution >= 0.6 is 0 Å². The Morgan fingerprint density at radius 3 is 2.60 bits per heavy atom. The van der Waals surface area contributed by atoms with Crippen molar-refractivity contribution >= 4 is 29.0 Å². The van der Waals surface area contributed by atoms with Gasteiger partial charge in [-0.3, -0.25) is 4.79 Å². The van der Waals surface area contributed by atoms with E-state index in [0.717, 1.165) is 31.3 Å². The average Bonchev–Trinajstić information content (AvgIpc) is 2.85. The summed E-state index contributed by atoms with van der Waals surface area (Å²) < 4.78 is 60.2. The molecule has 3 aromatic rings. The summed E-state index contributed by atoms with van der Waals surface area (Å²) >= 11 is 0. The first-order valence-electron chi connectivity index (χ1n) is 10.5. The molecule has 13 heteroatoms. The van der Waals surface area contributed by atoms with Gasteiger partial charge < -0.3 is 25.6 Å². The van der Waals surface area contributed by atoms with Gasteiger partial charge in [0.05, 0.1) is 24.6 Å². The van der Waals surface area contributed by atoms with Crippen LogP contribution < -0.4 is 25.6 Å². The van der Waals surface area contributed by atoms with Crippen molar-refractivity contribution in [3.05, 3.63) is 59.8 Å². The summed E-state index contributed by atoms with van der Waals surface area (Å²) in [6.07, 6.45) is -3.37. The van der Waals surface area contributed by atoms with Gasteiger partial charge in [-0.2, -0.15) is 22.5 Å². The maximum atomic E-state index is 13.9. The molecular formula is C22H21F4N7O2. The number of halogens is 4. The van der Waals surface area contributed by atoms with Crippen LogP contribution in [0, 0.1) is 5.95 Å². The lowest BCUT2D eigenvalue weighted by atomic mass is 10.1. The van der Waals surface area contributed by atoms with Gasteiger partial charge in [-0.15, -0.1) is 0 Å². The number of amides is 1. The number of nitrogens with one attached hydrogen (secondary N) is 3. The Bertz CT molecular complexity index is 1220. The second-order valence-corrected chi connectivity index (χ2v) is 7.51. The molecule has 9 nitrogen and oxygen atoms in total. The number of ether oxygens (including phenoxy) is 1. The molecule has 1 aliphatic rings. The van der Waals surface area contributed by atoms with Crippen LogP contribution in [-0.4, -0.2) is 54.1 Å². The van der Waals surface area contributed by atoms with Crippen molar-refractivity contribution in [3.8, 4) is 5.75 Å². The predicted molar refractivity (Wildman–Crippen MR) is 121 cm³/mol. The van der Waals surface area contributed by atoms with Crippen LogP contribution in [0.15, 0.2) is 42.6 Å². The Labute approximate surface area is 197 Å². The molecule has 1 aromatic carbocycles. The SMILES string of the molecule is COc1cnc(N2CCNCC2)nc1Nc1ccc(NC(=O)c2cccc(F)n2)cc1C(F)(F)F. The molecule has 0 radical (unpaired) electrons. The highest BCUT2D eigenvalue weighted by atomic mass is 19.4. The standard InChI is InChI=1S/C22H21F4N7O2/c1-35-17-12-28-21(33-9-7-27-8-10-33)32-19(17)31-15-6-5-13(11-14(15)22(24,25)26)29-20(34)16-3-2-4-18(23)30-16/h2-6,11-12,27H,7-10H2,1H3,(H,29,34)(H,28,31,32). The zero-order chi connectivity index (χ0) is 25.0. The summed E-state index contributed by atoms with van der Waals surface area (Å²) in [5, 5.41) is 8.19. The van der Waals surface area contributed by atoms with Crippen molar-refractivity contribution in [2.45, 2.75) is 6.18 Å². The largest absolute Gasteiger partial charge is 0.491 e. The predicted octanol–water partition coefficient (Wildman–Crippen LogP) is 3.44. The Morgan fingerprint density at radius 1 is 1.14 bits per heavy atom. The molecule has 2 aromatic heterocycles. The first-order chi connectivity index (χ1) is 16.7. The Balaban J connectivity index is 1.63. The van der Waals surface area contributed by atoms with Crippen molar-refractivity contribution in [1.29, 1.82) is 0 Å². The number of hydrogen-bond acceptors (Lipinski definition) is 8. The second kappa shape index (κ2) is 10.1. The summed E-state index contributed by atoms with van der Waals surface area (Å²) in [6, 6.07) is 6.77. The van der Waals surface area contributed by atoms with Crippen molar-refractivity contribution in [2.75, 3.05) is 48.8 Å². The maximum absolute atomic E-state index is 13.9. The highest BCUT2D eigenvalue weighted by Gasteiger charge is 2.34. The summed E-state index contributed by atoms with van der Waals surface area (Å²) in [6.45, 7) is 2.76. The number of carbonyl (C=O) groups is 1. The number of carbonyl (C=O) groups excluding carboxylic acids is 1. The van der Waals surface area contributed by atoms with Gasteiger partial charge in [0.15, 0.2) is 11.6 Å². The molecule has 184 valence electrons. The molecular weight excluding hydrogens is 470 g/mol. The van der Waals surface area contributed by atoms with Gasteiger partial charge in [-0.1, -0.05) is 6.07 Å². The van der Waals surface area contributed by atoms with Gasteiger partial charge in [0.25, 0.3) is 5.91 Å². The van der Waals surface area contributed by atoms with Crippen LogP contribution in [0.4, 0.5) is 40.7 Å². The van der Waals surface area contributed by atoms with Crippen LogP contribution in [0.1, 0.15) is 16.1 Å². The number of piperazine rings is 1. The van der Waals surface area contributed by atoms with Gasteiger partial charge >= 0.3 is 6.18 Å². The summed E-state index contributed by atoms with van der Waals surface area (Å²) in [7, 11) is 1.36. The number of benzene rings is 1. The lowest BCUT2D eigenvalue weighted by molar-refractivity contribution is -0.136. The normalized spacial score (nSPS) is 13.9. The third-order valence-corrected chi connectivity index (χ3v) is 5.15. The number of rotatable bonds is 6. The van der Waals surface area contributed by atoms with Crippen LogP contribution in [0.25, 0.3) is 0 Å². The van der Waals surface area contributed by atoms with E-state index in [0.29, 0.717) is 19.0 Å². The number of hydrogen-bond donors (Lipinski definition) is 3. The topological polar surface area (TPSA) is 104 Å². The molecule has 3 heterocycles. The van der Waals surface area contributed by atoms with E-state index in [1.54, 1.807) is 0 Å². The number of pyridine rings is 1. The zero-order valence-corrected chi connectivity index (χ0v) is 18.5. The minimum atomic E-state index is -4.76. The van der Waals surface area contributed by atoms with Gasteiger partial charge in [-0.05, 0) is 30.3 Å². The maximum Gasteiger partial charge on any atom is 0.418 e. The number of aromatic nitrogens is 3. The van der Waals surface area contributed by atoms with Crippen molar-refractivity contribution in [3.63, 3.8) is 0 Å². The quantitative estimate of drug-likeness (QED) is 0.356. The van der Waals surface area contributed by atoms with E-state index < -0.39 is 23.6 Å². The summed E-state index contributed by atoms with van der Waals surface area (Å²) in [4.78, 5) is 26.3. The molecule has 1 fully saturated rings. The molecule has 0 bridgehead atoms. The number of nitrogens with zero attached hydrogens (tertiary/aromatic N) is 4. The minimum Gasteiger partial charge on any atom is -0.491 e. The molecule has 4 rings (SSSR count). The minimum absolute atomic E-state index is 0.0577. The zero-order valence-electron chi connectivity index (χ0n) is 18.5. The molecule has 1 aliphatic heterocycles. The van der Waals surface area contributed by atoms with E-state index in [2.05, 4.69) is 30.9 Å². The van der Waals surface area contributed by atoms with Crippen LogP contribution in [-0.2, 0) is 6.18 Å². The van der Waals surface area contributed by atoms with Crippen LogP contribution in [0.2, 0.25) is 0 Å². The third kappa shape index (κ3) is 5.74. The molecule has 0 spiro atoms. The lowest BCUT2D eigenvalue weighted by Gasteiger charge is -2.27. The van der Waals surface area contributed by atoms with Crippen molar-refractivity contribution in [2.24, 2.45) is 0 Å². The monoisotopic (exact) mass is 491 g/mol. The van der Waals surface area contributed by atoms with E-state index in [-0.39, 0.29) is 28.6 Å². The molecule has 1 saturated heterocycles. The van der Waals surface area contributed by atoms with E-state index in [4.69, 9.17) is 4.74 Å². The number of anilines is 4. The van der Waals surface area contributed by atoms with E-state index >= 15 is 0 Å². The fourth-order valence-corrected chi connectivity index (χ4v) is 3.44. The molecule has 0 unspecified atom stereocenters. The smallest absolute Gasteiger partial charge is 0.418 e. The first kappa shape index (κ1) is 24.1. The van der Waals surface area contributed by atoms with Crippen molar-refractivity contribution < 1.29 is 27.1 Å². The number of alkyl halides is 3. The molecule has 0 aliphatic carbocycles. The fraction of sp³-hybridized carbons (Fsp3) is 0.273. The Morgan fingerprint density at radius 2 is 1.91 bits per heavy atom. The molecule has 35 heavy (non-hydrogen) atoms. The highest BCUT2D eigenvalue weighted by Crippen LogP contribution is 2.39. The van der Waals surface area contributed by atoms with E-state index in [1.807, 2.05) is 4.90 Å². The molecule has 0 atom stereocenters. The number of methoxy groups -OCH3 is 1. The molecule has 3 N–H and O–H groups in total. The van der Waals surface area contributed by atoms with Gasteiger partial charge in [0.2, 0.25) is 11.9 Å². The van der Waals surface area contributed by atoms with Gasteiger partial charge in [0.1, 0.15) is 5.69 Å². The lowest BCUT2D eigenvalue weighted by Crippen LogP contribution is -2.44. The van der Waals surface area contributed by atoms with Crippen molar-refractivity contribution in [1.82, 2.24) is 20.3 Å². The van der Waals surface area contributed by atoms with Gasteiger partial charge in [0, 0.05) is 31.9 Å². The first-order valence-corrected chi connectivity index (χ1v) is 10.5. The van der Waals surface area contributed by atoms with E-state index in [1.165, 1.54) is 31.5 Å². The second-order valence-electron chi connectivity index (χ2n) is 7.51. The van der Waals surface area contributed by atoms with Gasteiger partial charge in [-0.25, -0.2) is 9.97 Å². The summed E-state index contributed by atoms with van der Waals surface area (Å²) in [5.41, 5.74) is -1.77. The van der Waals surface area contributed by atoms with Crippen LogP contribution in [0.3, 0.4) is 0 Å². The summed E-state index contributed by atoms with van der Waals surface area (Å²) in [5.74, 6) is -1.16.